The molecule has 1 aliphatic rings. The summed E-state index contributed by atoms with van der Waals surface area (Å²) in [6.45, 7) is 6.68. The molecule has 3 atom stereocenters. The molecule has 3 amide bonds. The summed E-state index contributed by atoms with van der Waals surface area (Å²) in [5.74, 6) is -0.850. The first kappa shape index (κ1) is 22.7. The molecule has 0 unspecified atom stereocenters. The van der Waals surface area contributed by atoms with Gasteiger partial charge in [-0.1, -0.05) is 33.3 Å². The van der Waals surface area contributed by atoms with Crippen LogP contribution in [0.4, 0.5) is 19.3 Å². The third-order valence-corrected chi connectivity index (χ3v) is 5.78. The molecule has 0 spiro atoms. The Bertz CT molecular complexity index is 911. The molecule has 0 aliphatic heterocycles. The highest BCUT2D eigenvalue weighted by Gasteiger charge is 2.32. The second kappa shape index (κ2) is 9.90. The van der Waals surface area contributed by atoms with Crippen molar-refractivity contribution in [3.8, 4) is 5.75 Å². The van der Waals surface area contributed by atoms with Crippen LogP contribution in [-0.2, 0) is 0 Å². The zero-order chi connectivity index (χ0) is 22.5. The van der Waals surface area contributed by atoms with Gasteiger partial charge in [0.05, 0.1) is 0 Å². The van der Waals surface area contributed by atoms with Gasteiger partial charge in [-0.3, -0.25) is 10.1 Å². The van der Waals surface area contributed by atoms with Crippen LogP contribution >= 0.6 is 0 Å². The summed E-state index contributed by atoms with van der Waals surface area (Å²) in [6, 6.07) is 8.97. The second-order valence-electron chi connectivity index (χ2n) is 8.51. The maximum Gasteiger partial charge on any atom is 0.326 e. The number of halogens is 2. The van der Waals surface area contributed by atoms with E-state index >= 15 is 0 Å². The minimum absolute atomic E-state index is 0.152. The molecule has 0 heterocycles. The van der Waals surface area contributed by atoms with E-state index in [-0.39, 0.29) is 6.10 Å². The lowest BCUT2D eigenvalue weighted by Crippen LogP contribution is -2.36. The number of hydrogen-bond acceptors (Lipinski definition) is 3. The van der Waals surface area contributed by atoms with Crippen LogP contribution in [-0.4, -0.2) is 18.0 Å². The number of benzene rings is 2. The first-order valence-corrected chi connectivity index (χ1v) is 10.6. The van der Waals surface area contributed by atoms with Gasteiger partial charge < -0.3 is 10.1 Å². The van der Waals surface area contributed by atoms with Crippen molar-refractivity contribution in [3.63, 3.8) is 0 Å². The fourth-order valence-corrected chi connectivity index (χ4v) is 4.08. The van der Waals surface area contributed by atoms with E-state index in [4.69, 9.17) is 4.74 Å². The van der Waals surface area contributed by atoms with Gasteiger partial charge in [0, 0.05) is 5.69 Å². The van der Waals surface area contributed by atoms with E-state index in [1.807, 2.05) is 5.32 Å². The summed E-state index contributed by atoms with van der Waals surface area (Å²) >= 11 is 0. The van der Waals surface area contributed by atoms with Crippen molar-refractivity contribution in [3.05, 3.63) is 59.7 Å². The number of nitrogens with one attached hydrogen (secondary N) is 2. The number of anilines is 1. The Labute approximate surface area is 181 Å². The number of rotatable bonds is 5. The maximum absolute atomic E-state index is 13.7. The van der Waals surface area contributed by atoms with Crippen molar-refractivity contribution in [2.24, 2.45) is 17.8 Å². The fraction of sp³-hybridized carbons (Fsp3) is 0.417. The average molecular weight is 430 g/mol. The molecule has 3 rings (SSSR count). The van der Waals surface area contributed by atoms with Crippen LogP contribution in [0.3, 0.4) is 0 Å². The van der Waals surface area contributed by atoms with Crippen LogP contribution < -0.4 is 15.4 Å². The Hall–Kier alpha value is -2.96. The van der Waals surface area contributed by atoms with Crippen LogP contribution in [0.25, 0.3) is 0 Å². The molecule has 1 saturated carbocycles. The number of urea groups is 1. The molecule has 5 nitrogen and oxygen atoms in total. The van der Waals surface area contributed by atoms with Gasteiger partial charge in [0.15, 0.2) is 0 Å². The maximum atomic E-state index is 13.7. The summed E-state index contributed by atoms with van der Waals surface area (Å²) in [7, 11) is 0. The molecule has 1 aliphatic carbocycles. The smallest absolute Gasteiger partial charge is 0.326 e. The number of carbonyl (C=O) groups excluding carboxylic acids is 2. The zero-order valence-electron chi connectivity index (χ0n) is 18.0. The fourth-order valence-electron chi connectivity index (χ4n) is 4.08. The molecule has 1 fully saturated rings. The Morgan fingerprint density at radius 2 is 1.68 bits per heavy atom. The van der Waals surface area contributed by atoms with Crippen LogP contribution in [0.15, 0.2) is 42.5 Å². The minimum atomic E-state index is -1.15. The van der Waals surface area contributed by atoms with E-state index in [2.05, 4.69) is 26.1 Å². The molecule has 0 bridgehead atoms. The molecule has 2 aromatic rings. The van der Waals surface area contributed by atoms with E-state index < -0.39 is 29.1 Å². The largest absolute Gasteiger partial charge is 0.490 e. The van der Waals surface area contributed by atoms with E-state index in [1.165, 1.54) is 6.42 Å². The van der Waals surface area contributed by atoms with Gasteiger partial charge in [0.25, 0.3) is 5.91 Å². The van der Waals surface area contributed by atoms with Gasteiger partial charge in [-0.25, -0.2) is 13.6 Å². The lowest BCUT2D eigenvalue weighted by molar-refractivity contribution is 0.0460. The Kier molecular flexibility index (Phi) is 7.25. The number of ether oxygens (including phenoxy) is 1. The zero-order valence-corrected chi connectivity index (χ0v) is 18.0. The summed E-state index contributed by atoms with van der Waals surface area (Å²) in [4.78, 5) is 24.1. The first-order valence-electron chi connectivity index (χ1n) is 10.6. The highest BCUT2D eigenvalue weighted by Crippen LogP contribution is 2.36. The van der Waals surface area contributed by atoms with E-state index in [0.29, 0.717) is 29.2 Å². The monoisotopic (exact) mass is 430 g/mol. The van der Waals surface area contributed by atoms with E-state index in [1.54, 1.807) is 24.3 Å². The summed E-state index contributed by atoms with van der Waals surface area (Å²) in [6.07, 6.45) is 3.54. The Balaban J connectivity index is 1.59. The SMILES string of the molecule is CC(C)[C@H]1CC[C@H](C)C[C@@H]1Oc1ccc(NC(=O)NC(=O)c2c(F)cccc2F)cc1. The topological polar surface area (TPSA) is 67.4 Å². The highest BCUT2D eigenvalue weighted by atomic mass is 19.1. The quantitative estimate of drug-likeness (QED) is 0.633. The highest BCUT2D eigenvalue weighted by molar-refractivity contribution is 6.08. The van der Waals surface area contributed by atoms with E-state index in [0.717, 1.165) is 31.0 Å². The molecule has 0 saturated heterocycles. The molecule has 0 aromatic heterocycles. The standard InChI is InChI=1S/C24H28F2N2O3/c1-14(2)18-12-7-15(3)13-21(18)31-17-10-8-16(9-11-17)27-24(30)28-23(29)22-19(25)5-4-6-20(22)26/h4-6,8-11,14-15,18,21H,7,12-13H2,1-3H3,(H2,27,28,29,30)/t15-,18+,21-/m0/s1. The number of amides is 3. The van der Waals surface area contributed by atoms with Gasteiger partial charge >= 0.3 is 6.03 Å². The van der Waals surface area contributed by atoms with E-state index in [9.17, 15) is 18.4 Å². The lowest BCUT2D eigenvalue weighted by Gasteiger charge is -2.37. The van der Waals surface area contributed by atoms with Gasteiger partial charge in [-0.15, -0.1) is 0 Å². The molecule has 2 aromatic carbocycles. The Morgan fingerprint density at radius 1 is 1.03 bits per heavy atom. The number of hydrogen-bond donors (Lipinski definition) is 2. The van der Waals surface area contributed by atoms with Crippen LogP contribution in [0.2, 0.25) is 0 Å². The Morgan fingerprint density at radius 3 is 2.29 bits per heavy atom. The van der Waals surface area contributed by atoms with Crippen molar-refractivity contribution in [1.82, 2.24) is 5.32 Å². The number of carbonyl (C=O) groups is 2. The lowest BCUT2D eigenvalue weighted by atomic mass is 9.75. The third-order valence-electron chi connectivity index (χ3n) is 5.78. The summed E-state index contributed by atoms with van der Waals surface area (Å²) in [5, 5.41) is 4.40. The first-order chi connectivity index (χ1) is 14.7. The van der Waals surface area contributed by atoms with Crippen molar-refractivity contribution >= 4 is 17.6 Å². The average Bonchev–Trinajstić information content (AvgIpc) is 2.69. The normalized spacial score (nSPS) is 20.9. The van der Waals surface area contributed by atoms with Gasteiger partial charge in [-0.2, -0.15) is 0 Å². The second-order valence-corrected chi connectivity index (χ2v) is 8.51. The summed E-state index contributed by atoms with van der Waals surface area (Å²) < 4.78 is 33.6. The van der Waals surface area contributed by atoms with Gasteiger partial charge in [0.1, 0.15) is 29.1 Å². The third kappa shape index (κ3) is 5.81. The van der Waals surface area contributed by atoms with Gasteiger partial charge in [-0.05, 0) is 67.0 Å². The molecule has 0 radical (unpaired) electrons. The van der Waals surface area contributed by atoms with Crippen molar-refractivity contribution < 1.29 is 23.1 Å². The summed E-state index contributed by atoms with van der Waals surface area (Å²) in [5.41, 5.74) is -0.383. The predicted octanol–water partition coefficient (Wildman–Crippen LogP) is 5.77. The molecular formula is C24H28F2N2O3. The number of imide groups is 1. The van der Waals surface area contributed by atoms with Crippen molar-refractivity contribution in [2.75, 3.05) is 5.32 Å². The molecular weight excluding hydrogens is 402 g/mol. The van der Waals surface area contributed by atoms with Crippen LogP contribution in [0.1, 0.15) is 50.4 Å². The predicted molar refractivity (Wildman–Crippen MR) is 115 cm³/mol. The molecule has 31 heavy (non-hydrogen) atoms. The van der Waals surface area contributed by atoms with Crippen LogP contribution in [0, 0.1) is 29.4 Å². The van der Waals surface area contributed by atoms with Crippen LogP contribution in [0.5, 0.6) is 5.75 Å². The molecule has 7 heteroatoms. The van der Waals surface area contributed by atoms with Crippen molar-refractivity contribution in [1.29, 1.82) is 0 Å². The van der Waals surface area contributed by atoms with Crippen molar-refractivity contribution in [2.45, 2.75) is 46.1 Å². The van der Waals surface area contributed by atoms with Gasteiger partial charge in [0.2, 0.25) is 0 Å². The molecule has 2 N–H and O–H groups in total. The molecule has 166 valence electrons. The minimum Gasteiger partial charge on any atom is -0.490 e.